The van der Waals surface area contributed by atoms with Crippen molar-refractivity contribution in [3.63, 3.8) is 0 Å². The van der Waals surface area contributed by atoms with Crippen LogP contribution in [0.3, 0.4) is 0 Å². The van der Waals surface area contributed by atoms with Crippen LogP contribution in [0.5, 0.6) is 0 Å². The molecule has 36 heavy (non-hydrogen) atoms. The summed E-state index contributed by atoms with van der Waals surface area (Å²) < 4.78 is 0. The van der Waals surface area contributed by atoms with Gasteiger partial charge in [-0.1, -0.05) is 108 Å². The van der Waals surface area contributed by atoms with Gasteiger partial charge in [-0.25, -0.2) is 0 Å². The second kappa shape index (κ2) is 13.6. The molecule has 3 aliphatic rings. The molecule has 3 atom stereocenters. The zero-order chi connectivity index (χ0) is 25.5. The van der Waals surface area contributed by atoms with E-state index in [9.17, 15) is 14.7 Å². The van der Waals surface area contributed by atoms with Gasteiger partial charge in [-0.15, -0.1) is 11.3 Å². The Morgan fingerprint density at radius 2 is 1.75 bits per heavy atom. The molecule has 4 rings (SSSR count). The fraction of sp³-hybridized carbons (Fsp3) is 0.677. The third-order valence-electron chi connectivity index (χ3n) is 8.93. The van der Waals surface area contributed by atoms with Crippen LogP contribution in [-0.2, 0) is 15.0 Å². The number of hydrogen-bond acceptors (Lipinski definition) is 3. The molecule has 1 heterocycles. The predicted octanol–water partition coefficient (Wildman–Crippen LogP) is 3.23. The van der Waals surface area contributed by atoms with Crippen molar-refractivity contribution in [2.45, 2.75) is 102 Å². The normalized spacial score (nSPS) is 26.4. The Balaban J connectivity index is 0.000000321. The van der Waals surface area contributed by atoms with Gasteiger partial charge in [0.1, 0.15) is 0 Å². The van der Waals surface area contributed by atoms with Crippen LogP contribution in [0, 0.1) is 31.1 Å². The zero-order valence-electron chi connectivity index (χ0n) is 23.1. The molecule has 4 nitrogen and oxygen atoms in total. The minimum atomic E-state index is -0.999. The van der Waals surface area contributed by atoms with Gasteiger partial charge in [-0.05, 0) is 11.5 Å². The molecule has 0 bridgehead atoms. The molecule has 1 amide bonds. The topological polar surface area (TPSA) is 57.6 Å². The largest absolute Gasteiger partial charge is 1.00 e. The first-order valence-corrected chi connectivity index (χ1v) is 13.7. The van der Waals surface area contributed by atoms with E-state index in [1.165, 1.54) is 37.7 Å². The van der Waals surface area contributed by atoms with Gasteiger partial charge in [0.25, 0.3) is 0 Å². The van der Waals surface area contributed by atoms with Gasteiger partial charge in [0.2, 0.25) is 5.91 Å². The Bertz CT molecular complexity index is 818. The van der Waals surface area contributed by atoms with Crippen LogP contribution in [0.15, 0.2) is 30.3 Å². The summed E-state index contributed by atoms with van der Waals surface area (Å²) in [5.41, 5.74) is -0.379. The van der Waals surface area contributed by atoms with Crippen LogP contribution in [0.2, 0.25) is 0 Å². The van der Waals surface area contributed by atoms with Crippen molar-refractivity contribution < 1.29 is 33.6 Å². The maximum Gasteiger partial charge on any atom is 1.00 e. The Labute approximate surface area is 232 Å². The van der Waals surface area contributed by atoms with E-state index in [4.69, 9.17) is 0 Å². The molecular formula is C31H46LiNO3-2. The Kier molecular flexibility index (Phi) is 11.8. The number of β-amino-alcohol motifs (C(OH)–C–C–N with tert-alkyl or cyclic N) is 1. The summed E-state index contributed by atoms with van der Waals surface area (Å²) >= 11 is 0. The van der Waals surface area contributed by atoms with Crippen LogP contribution >= 0.6 is 0 Å². The van der Waals surface area contributed by atoms with Crippen molar-refractivity contribution in [2.75, 3.05) is 13.1 Å². The Hall–Kier alpha value is -1.08. The van der Waals surface area contributed by atoms with E-state index in [0.717, 1.165) is 38.0 Å². The molecule has 1 aliphatic heterocycles. The number of aliphatic hydroxyl groups is 1. The first-order valence-electron chi connectivity index (χ1n) is 13.7. The molecule has 196 valence electrons. The average molecular weight is 488 g/mol. The van der Waals surface area contributed by atoms with Crippen molar-refractivity contribution in [3.05, 3.63) is 49.7 Å². The van der Waals surface area contributed by atoms with Crippen molar-refractivity contribution in [1.82, 2.24) is 4.90 Å². The predicted molar refractivity (Wildman–Crippen MR) is 142 cm³/mol. The Morgan fingerprint density at radius 3 is 2.31 bits per heavy atom. The molecule has 1 saturated heterocycles. The van der Waals surface area contributed by atoms with E-state index in [2.05, 4.69) is 39.2 Å². The summed E-state index contributed by atoms with van der Waals surface area (Å²) in [6.07, 6.45) is 14.9. The molecule has 0 unspecified atom stereocenters. The third kappa shape index (κ3) is 7.49. The SMILES string of the molecule is C[C@@H]([C-]=O)CC1CCCCC1.[CH2-]C[C@@](O)(CN1C[C@@](C)(c2ccccc2)CC1=O)C1([CH2-])CCCC1.[Li+]. The monoisotopic (exact) mass is 487 g/mol. The molecule has 3 fully saturated rings. The molecular weight excluding hydrogens is 441 g/mol. The maximum atomic E-state index is 12.7. The van der Waals surface area contributed by atoms with Crippen molar-refractivity contribution in [2.24, 2.45) is 17.3 Å². The first kappa shape index (κ1) is 31.1. The van der Waals surface area contributed by atoms with Gasteiger partial charge < -0.3 is 28.6 Å². The standard InChI is InChI=1S/C21H29NO2.C10H17O.Li/c1-4-21(24,20(3)12-8-9-13-20)16-22-15-19(2,14-18(22)23)17-10-6-5-7-11-17;1-9(8-11)7-10-5-3-2-4-6-10;/h5-7,10-11,24H,1,3-4,8-9,12-16H2,2H3;9-10H,2-7H2,1H3;/q-2;-1;+1/t19-,21+;9-;/m01./s1. The van der Waals surface area contributed by atoms with Gasteiger partial charge in [0.05, 0.1) is 0 Å². The second-order valence-electron chi connectivity index (χ2n) is 11.9. The number of amides is 1. The first-order chi connectivity index (χ1) is 16.6. The molecule has 2 aliphatic carbocycles. The summed E-state index contributed by atoms with van der Waals surface area (Å²) in [6, 6.07) is 10.2. The van der Waals surface area contributed by atoms with Gasteiger partial charge in [0.15, 0.2) is 0 Å². The summed E-state index contributed by atoms with van der Waals surface area (Å²) in [5, 5.41) is 11.3. The van der Waals surface area contributed by atoms with Crippen LogP contribution in [-0.4, -0.2) is 40.9 Å². The molecule has 1 aromatic carbocycles. The van der Waals surface area contributed by atoms with Crippen molar-refractivity contribution in [3.8, 4) is 0 Å². The van der Waals surface area contributed by atoms with Crippen LogP contribution in [0.1, 0.15) is 96.5 Å². The van der Waals surface area contributed by atoms with Gasteiger partial charge in [-0.3, -0.25) is 11.1 Å². The number of nitrogens with zero attached hydrogens (tertiary/aromatic N) is 1. The number of benzene rings is 1. The summed E-state index contributed by atoms with van der Waals surface area (Å²) in [4.78, 5) is 24.7. The number of likely N-dealkylation sites (tertiary alicyclic amines) is 1. The smallest absolute Gasteiger partial charge is 0.542 e. The number of carbonyl (C=O) groups excluding carboxylic acids is 2. The van der Waals surface area contributed by atoms with Gasteiger partial charge in [0, 0.05) is 30.5 Å². The number of hydrogen-bond donors (Lipinski definition) is 1. The van der Waals surface area contributed by atoms with Gasteiger partial charge >= 0.3 is 18.9 Å². The van der Waals surface area contributed by atoms with E-state index in [-0.39, 0.29) is 41.5 Å². The van der Waals surface area contributed by atoms with E-state index < -0.39 is 5.60 Å². The fourth-order valence-corrected chi connectivity index (χ4v) is 6.50. The third-order valence-corrected chi connectivity index (χ3v) is 8.93. The van der Waals surface area contributed by atoms with Crippen LogP contribution in [0.25, 0.3) is 0 Å². The minimum Gasteiger partial charge on any atom is -0.542 e. The number of rotatable bonds is 8. The zero-order valence-corrected chi connectivity index (χ0v) is 23.1. The van der Waals surface area contributed by atoms with Gasteiger partial charge in [-0.2, -0.15) is 6.42 Å². The average Bonchev–Trinajstić information content (AvgIpc) is 3.44. The number of carbonyl (C=O) groups is 1. The van der Waals surface area contributed by atoms with Crippen molar-refractivity contribution in [1.29, 1.82) is 0 Å². The summed E-state index contributed by atoms with van der Waals surface area (Å²) in [6.45, 7) is 13.4. The maximum absolute atomic E-state index is 12.7. The second-order valence-corrected chi connectivity index (χ2v) is 11.9. The van der Waals surface area contributed by atoms with Crippen molar-refractivity contribution >= 4 is 12.2 Å². The minimum absolute atomic E-state index is 0. The molecule has 1 N–H and O–H groups in total. The van der Waals surface area contributed by atoms with E-state index in [1.54, 1.807) is 0 Å². The quantitative estimate of drug-likeness (QED) is 0.453. The molecule has 2 saturated carbocycles. The van der Waals surface area contributed by atoms with E-state index in [0.29, 0.717) is 25.9 Å². The Morgan fingerprint density at radius 1 is 1.14 bits per heavy atom. The van der Waals surface area contributed by atoms with Crippen LogP contribution in [0.4, 0.5) is 0 Å². The molecule has 1 aromatic rings. The fourth-order valence-electron chi connectivity index (χ4n) is 6.50. The molecule has 5 heteroatoms. The van der Waals surface area contributed by atoms with E-state index in [1.807, 2.05) is 30.0 Å². The molecule has 0 aromatic heterocycles. The van der Waals surface area contributed by atoms with Crippen LogP contribution < -0.4 is 18.9 Å². The van der Waals surface area contributed by atoms with E-state index >= 15 is 0 Å². The molecule has 0 radical (unpaired) electrons. The summed E-state index contributed by atoms with van der Waals surface area (Å²) in [5.74, 6) is 1.10. The summed E-state index contributed by atoms with van der Waals surface area (Å²) in [7, 11) is 0. The molecule has 0 spiro atoms.